The quantitative estimate of drug-likeness (QED) is 0.539. The fraction of sp³-hybridized carbons (Fsp3) is 0.105. The number of nitrogens with zero attached hydrogens (tertiary/aromatic N) is 4. The highest BCUT2D eigenvalue weighted by atomic mass is 32.1. The maximum atomic E-state index is 13.4. The number of aryl methyl sites for hydroxylation is 1. The van der Waals surface area contributed by atoms with E-state index in [1.807, 2.05) is 0 Å². The first-order valence-corrected chi connectivity index (χ1v) is 9.43. The van der Waals surface area contributed by atoms with Crippen LogP contribution >= 0.6 is 11.3 Å². The second-order valence-electron chi connectivity index (χ2n) is 6.39. The Morgan fingerprint density at radius 3 is 2.53 bits per heavy atom. The number of carbonyl (C=O) groups excluding carboxylic acids is 1. The summed E-state index contributed by atoms with van der Waals surface area (Å²) in [6.07, 6.45) is 0. The summed E-state index contributed by atoms with van der Waals surface area (Å²) in [5.41, 5.74) is -0.281. The molecule has 1 amide bonds. The molecule has 8 nitrogen and oxygen atoms in total. The van der Waals surface area contributed by atoms with Crippen LogP contribution in [0.2, 0.25) is 0 Å². The van der Waals surface area contributed by atoms with E-state index < -0.39 is 28.8 Å². The van der Waals surface area contributed by atoms with Gasteiger partial charge in [0.05, 0.1) is 11.1 Å². The normalized spacial score (nSPS) is 11.1. The van der Waals surface area contributed by atoms with Crippen LogP contribution in [0.3, 0.4) is 0 Å². The predicted octanol–water partition coefficient (Wildman–Crippen LogP) is 2.29. The molecule has 0 spiro atoms. The Balaban J connectivity index is 1.64. The second kappa shape index (κ2) is 7.26. The zero-order valence-electron chi connectivity index (χ0n) is 15.6. The summed E-state index contributed by atoms with van der Waals surface area (Å²) in [4.78, 5) is 45.2. The summed E-state index contributed by atoms with van der Waals surface area (Å²) in [6.45, 7) is 0. The number of pyridine rings is 1. The lowest BCUT2D eigenvalue weighted by molar-refractivity contribution is 0.102. The van der Waals surface area contributed by atoms with Gasteiger partial charge in [-0.1, -0.05) is 0 Å². The molecule has 152 valence electrons. The van der Waals surface area contributed by atoms with Gasteiger partial charge in [0.2, 0.25) is 0 Å². The van der Waals surface area contributed by atoms with Crippen molar-refractivity contribution in [2.45, 2.75) is 0 Å². The van der Waals surface area contributed by atoms with Gasteiger partial charge in [0.1, 0.15) is 11.3 Å². The summed E-state index contributed by atoms with van der Waals surface area (Å²) < 4.78 is 28.6. The van der Waals surface area contributed by atoms with E-state index in [0.29, 0.717) is 11.3 Å². The predicted molar refractivity (Wildman–Crippen MR) is 108 cm³/mol. The van der Waals surface area contributed by atoms with E-state index in [0.717, 1.165) is 28.0 Å². The Labute approximate surface area is 171 Å². The van der Waals surface area contributed by atoms with Crippen LogP contribution in [0.5, 0.6) is 0 Å². The van der Waals surface area contributed by atoms with Crippen LogP contribution < -0.4 is 16.6 Å². The fourth-order valence-corrected chi connectivity index (χ4v) is 3.58. The van der Waals surface area contributed by atoms with E-state index in [9.17, 15) is 23.2 Å². The highest BCUT2D eigenvalue weighted by molar-refractivity contribution is 7.14. The number of thiazole rings is 1. The summed E-state index contributed by atoms with van der Waals surface area (Å²) >= 11 is 1.10. The largest absolute Gasteiger partial charge is 0.332 e. The van der Waals surface area contributed by atoms with Gasteiger partial charge in [-0.3, -0.25) is 24.0 Å². The van der Waals surface area contributed by atoms with Gasteiger partial charge in [-0.05, 0) is 30.3 Å². The first kappa shape index (κ1) is 19.6. The van der Waals surface area contributed by atoms with Gasteiger partial charge < -0.3 is 0 Å². The first-order chi connectivity index (χ1) is 14.3. The lowest BCUT2D eigenvalue weighted by Gasteiger charge is -2.08. The standard InChI is InChI=1S/C19H13F2N5O3S/c1-25-15-10(17(28)26(2)19(25)29)4-6-13(22-15)16(27)24-18-23-14(8-30-18)9-3-5-11(20)12(21)7-9/h3-8H,1-2H3,(H,23,24,27). The molecule has 0 unspecified atom stereocenters. The van der Waals surface area contributed by atoms with Crippen molar-refractivity contribution in [3.05, 3.63) is 73.9 Å². The number of nitrogens with one attached hydrogen (secondary N) is 1. The molecule has 11 heteroatoms. The number of rotatable bonds is 3. The summed E-state index contributed by atoms with van der Waals surface area (Å²) in [6, 6.07) is 6.18. The topological polar surface area (TPSA) is 98.9 Å². The number of anilines is 1. The fourth-order valence-electron chi connectivity index (χ4n) is 2.86. The monoisotopic (exact) mass is 429 g/mol. The number of amides is 1. The van der Waals surface area contributed by atoms with Gasteiger partial charge in [0.15, 0.2) is 16.8 Å². The van der Waals surface area contributed by atoms with Gasteiger partial charge in [-0.2, -0.15) is 0 Å². The number of fused-ring (bicyclic) bond motifs is 1. The molecule has 0 saturated heterocycles. The molecule has 0 saturated carbocycles. The molecular weight excluding hydrogens is 416 g/mol. The minimum Gasteiger partial charge on any atom is -0.296 e. The van der Waals surface area contributed by atoms with Gasteiger partial charge in [-0.15, -0.1) is 11.3 Å². The third-order valence-electron chi connectivity index (χ3n) is 4.47. The highest BCUT2D eigenvalue weighted by Gasteiger charge is 2.16. The molecular formula is C19H13F2N5O3S. The Bertz CT molecular complexity index is 1440. The van der Waals surface area contributed by atoms with Crippen LogP contribution in [-0.4, -0.2) is 25.0 Å². The van der Waals surface area contributed by atoms with Crippen LogP contribution in [0.15, 0.2) is 45.3 Å². The van der Waals surface area contributed by atoms with E-state index >= 15 is 0 Å². The van der Waals surface area contributed by atoms with Crippen molar-refractivity contribution < 1.29 is 13.6 Å². The third-order valence-corrected chi connectivity index (χ3v) is 5.23. The van der Waals surface area contributed by atoms with Gasteiger partial charge >= 0.3 is 5.69 Å². The average molecular weight is 429 g/mol. The SMILES string of the molecule is Cn1c(=O)c2ccc(C(=O)Nc3nc(-c4ccc(F)c(F)c4)cs3)nc2n(C)c1=O. The third kappa shape index (κ3) is 3.28. The smallest absolute Gasteiger partial charge is 0.296 e. The second-order valence-corrected chi connectivity index (χ2v) is 7.25. The van der Waals surface area contributed by atoms with Crippen LogP contribution in [0.4, 0.5) is 13.9 Å². The van der Waals surface area contributed by atoms with Crippen molar-refractivity contribution in [2.75, 3.05) is 5.32 Å². The summed E-state index contributed by atoms with van der Waals surface area (Å²) in [7, 11) is 2.81. The molecule has 0 fully saturated rings. The minimum atomic E-state index is -0.997. The Morgan fingerprint density at radius 2 is 1.80 bits per heavy atom. The molecule has 0 radical (unpaired) electrons. The molecule has 3 heterocycles. The Morgan fingerprint density at radius 1 is 1.03 bits per heavy atom. The number of carbonyl (C=O) groups is 1. The number of aromatic nitrogens is 4. The summed E-state index contributed by atoms with van der Waals surface area (Å²) in [5.74, 6) is -2.56. The van der Waals surface area contributed by atoms with Gasteiger partial charge in [0, 0.05) is 25.0 Å². The lowest BCUT2D eigenvalue weighted by Crippen LogP contribution is -2.37. The van der Waals surface area contributed by atoms with Crippen LogP contribution in [0, 0.1) is 11.6 Å². The summed E-state index contributed by atoms with van der Waals surface area (Å²) in [5, 5.41) is 4.58. The van der Waals surface area contributed by atoms with Crippen molar-refractivity contribution in [1.29, 1.82) is 0 Å². The zero-order valence-corrected chi connectivity index (χ0v) is 16.5. The Kier molecular flexibility index (Phi) is 4.74. The van der Waals surface area contributed by atoms with E-state index in [-0.39, 0.29) is 21.9 Å². The average Bonchev–Trinajstić information content (AvgIpc) is 3.20. The van der Waals surface area contributed by atoms with Crippen molar-refractivity contribution in [3.8, 4) is 11.3 Å². The van der Waals surface area contributed by atoms with E-state index in [2.05, 4.69) is 15.3 Å². The molecule has 3 aromatic heterocycles. The van der Waals surface area contributed by atoms with Crippen molar-refractivity contribution >= 4 is 33.4 Å². The number of halogens is 2. The molecule has 0 aliphatic carbocycles. The van der Waals surface area contributed by atoms with E-state index in [4.69, 9.17) is 0 Å². The zero-order chi connectivity index (χ0) is 21.6. The minimum absolute atomic E-state index is 0.0182. The highest BCUT2D eigenvalue weighted by Crippen LogP contribution is 2.26. The molecule has 1 aromatic carbocycles. The van der Waals surface area contributed by atoms with Crippen molar-refractivity contribution in [3.63, 3.8) is 0 Å². The molecule has 0 aliphatic rings. The van der Waals surface area contributed by atoms with E-state index in [1.165, 1.54) is 36.9 Å². The van der Waals surface area contributed by atoms with Gasteiger partial charge in [-0.25, -0.2) is 23.5 Å². The molecule has 4 aromatic rings. The molecule has 0 aliphatic heterocycles. The van der Waals surface area contributed by atoms with Crippen LogP contribution in [0.25, 0.3) is 22.3 Å². The van der Waals surface area contributed by atoms with Crippen molar-refractivity contribution in [2.24, 2.45) is 14.1 Å². The first-order valence-electron chi connectivity index (χ1n) is 8.55. The number of hydrogen-bond acceptors (Lipinski definition) is 6. The van der Waals surface area contributed by atoms with E-state index in [1.54, 1.807) is 5.38 Å². The molecule has 0 bridgehead atoms. The number of hydrogen-bond donors (Lipinski definition) is 1. The molecule has 4 rings (SSSR count). The maximum absolute atomic E-state index is 13.4. The van der Waals surface area contributed by atoms with Gasteiger partial charge in [0.25, 0.3) is 11.5 Å². The maximum Gasteiger partial charge on any atom is 0.332 e. The molecule has 1 N–H and O–H groups in total. The van der Waals surface area contributed by atoms with Crippen LogP contribution in [-0.2, 0) is 14.1 Å². The number of benzene rings is 1. The van der Waals surface area contributed by atoms with Crippen molar-refractivity contribution in [1.82, 2.24) is 19.1 Å². The van der Waals surface area contributed by atoms with Crippen LogP contribution in [0.1, 0.15) is 10.5 Å². The Hall–Kier alpha value is -3.73. The lowest BCUT2D eigenvalue weighted by atomic mass is 10.2. The molecule has 30 heavy (non-hydrogen) atoms. The molecule has 0 atom stereocenters.